The quantitative estimate of drug-likeness (QED) is 0.620. The summed E-state index contributed by atoms with van der Waals surface area (Å²) in [5.41, 5.74) is 2.22. The number of nitrogens with zero attached hydrogens (tertiary/aromatic N) is 1. The average molecular weight is 394 g/mol. The molecule has 0 atom stereocenters. The Bertz CT molecular complexity index is 1150. The first-order chi connectivity index (χ1) is 12.3. The maximum Gasteiger partial charge on any atom is 0.261 e. The van der Waals surface area contributed by atoms with Crippen LogP contribution >= 0.6 is 10.7 Å². The molecule has 0 bridgehead atoms. The Morgan fingerprint density at radius 1 is 1.04 bits per heavy atom. The molecular formula is C19H17ClFNO3S. The molecule has 0 aliphatic carbocycles. The van der Waals surface area contributed by atoms with Crippen molar-refractivity contribution < 1.29 is 12.8 Å². The average Bonchev–Trinajstić information content (AvgIpc) is 2.60. The molecule has 26 heavy (non-hydrogen) atoms. The van der Waals surface area contributed by atoms with Gasteiger partial charge in [-0.1, -0.05) is 19.1 Å². The van der Waals surface area contributed by atoms with Gasteiger partial charge in [0.15, 0.2) is 5.43 Å². The van der Waals surface area contributed by atoms with Gasteiger partial charge in [0.1, 0.15) is 5.82 Å². The second-order valence-electron chi connectivity index (χ2n) is 5.91. The summed E-state index contributed by atoms with van der Waals surface area (Å²) in [5, 5.41) is 0.0627. The van der Waals surface area contributed by atoms with E-state index in [9.17, 15) is 17.6 Å². The molecule has 3 aromatic rings. The van der Waals surface area contributed by atoms with E-state index in [0.717, 1.165) is 5.69 Å². The van der Waals surface area contributed by atoms with Crippen LogP contribution in [0.5, 0.6) is 0 Å². The molecule has 0 aliphatic rings. The first-order valence-electron chi connectivity index (χ1n) is 8.17. The van der Waals surface area contributed by atoms with Crippen LogP contribution in [-0.4, -0.2) is 13.0 Å². The van der Waals surface area contributed by atoms with Crippen molar-refractivity contribution in [2.75, 3.05) is 0 Å². The number of benzene rings is 2. The third kappa shape index (κ3) is 3.27. The van der Waals surface area contributed by atoms with Crippen LogP contribution in [0.1, 0.15) is 19.5 Å². The fraction of sp³-hybridized carbons (Fsp3) is 0.211. The monoisotopic (exact) mass is 393 g/mol. The lowest BCUT2D eigenvalue weighted by Crippen LogP contribution is -2.14. The lowest BCUT2D eigenvalue weighted by Gasteiger charge is -2.16. The SMILES string of the molecule is CCc1cc(=O)c2c(F)cc(-c3ccc(S(=O)(=O)Cl)cc3)cc2n1CC. The fourth-order valence-electron chi connectivity index (χ4n) is 3.15. The van der Waals surface area contributed by atoms with Crippen LogP contribution in [0.4, 0.5) is 4.39 Å². The summed E-state index contributed by atoms with van der Waals surface area (Å²) in [7, 11) is 1.51. The minimum atomic E-state index is -3.82. The molecular weight excluding hydrogens is 377 g/mol. The van der Waals surface area contributed by atoms with Gasteiger partial charge in [-0.3, -0.25) is 4.79 Å². The zero-order valence-corrected chi connectivity index (χ0v) is 15.9. The van der Waals surface area contributed by atoms with Gasteiger partial charge in [0.2, 0.25) is 0 Å². The van der Waals surface area contributed by atoms with Gasteiger partial charge in [-0.2, -0.15) is 0 Å². The molecule has 3 rings (SSSR count). The van der Waals surface area contributed by atoms with Gasteiger partial charge in [0.05, 0.1) is 15.8 Å². The van der Waals surface area contributed by atoms with Gasteiger partial charge in [-0.05, 0) is 48.7 Å². The fourth-order valence-corrected chi connectivity index (χ4v) is 3.92. The predicted octanol–water partition coefficient (Wildman–Crippen LogP) is 4.32. The highest BCUT2D eigenvalue weighted by Crippen LogP contribution is 2.28. The highest BCUT2D eigenvalue weighted by atomic mass is 35.7. The molecule has 0 unspecified atom stereocenters. The van der Waals surface area contributed by atoms with Crippen LogP contribution in [0.2, 0.25) is 0 Å². The van der Waals surface area contributed by atoms with E-state index in [1.807, 2.05) is 18.4 Å². The molecule has 0 fully saturated rings. The van der Waals surface area contributed by atoms with E-state index in [1.54, 1.807) is 18.2 Å². The van der Waals surface area contributed by atoms with E-state index < -0.39 is 14.9 Å². The highest BCUT2D eigenvalue weighted by molar-refractivity contribution is 8.13. The molecule has 0 saturated carbocycles. The maximum absolute atomic E-state index is 14.7. The second-order valence-corrected chi connectivity index (χ2v) is 8.48. The van der Waals surface area contributed by atoms with E-state index in [2.05, 4.69) is 0 Å². The van der Waals surface area contributed by atoms with Gasteiger partial charge in [-0.15, -0.1) is 0 Å². The first-order valence-corrected chi connectivity index (χ1v) is 10.5. The van der Waals surface area contributed by atoms with E-state index >= 15 is 0 Å². The van der Waals surface area contributed by atoms with E-state index in [0.29, 0.717) is 29.6 Å². The molecule has 1 heterocycles. The molecule has 0 saturated heterocycles. The third-order valence-electron chi connectivity index (χ3n) is 4.40. The van der Waals surface area contributed by atoms with Crippen molar-refractivity contribution in [2.45, 2.75) is 31.7 Å². The Balaban J connectivity index is 2.27. The summed E-state index contributed by atoms with van der Waals surface area (Å²) in [6.45, 7) is 4.48. The van der Waals surface area contributed by atoms with Crippen LogP contribution < -0.4 is 5.43 Å². The lowest BCUT2D eigenvalue weighted by atomic mass is 10.0. The first kappa shape index (κ1) is 18.6. The Morgan fingerprint density at radius 3 is 2.23 bits per heavy atom. The molecule has 136 valence electrons. The van der Waals surface area contributed by atoms with Gasteiger partial charge in [0, 0.05) is 29.0 Å². The van der Waals surface area contributed by atoms with Crippen LogP contribution in [0.3, 0.4) is 0 Å². The van der Waals surface area contributed by atoms with E-state index in [4.69, 9.17) is 10.7 Å². The number of rotatable bonds is 4. The lowest BCUT2D eigenvalue weighted by molar-refractivity contribution is 0.609. The highest BCUT2D eigenvalue weighted by Gasteiger charge is 2.15. The summed E-state index contributed by atoms with van der Waals surface area (Å²) in [6.07, 6.45) is 0.660. The van der Waals surface area contributed by atoms with Crippen LogP contribution in [0, 0.1) is 5.82 Å². The minimum Gasteiger partial charge on any atom is -0.345 e. The van der Waals surface area contributed by atoms with Crippen molar-refractivity contribution in [2.24, 2.45) is 0 Å². The van der Waals surface area contributed by atoms with E-state index in [-0.39, 0.29) is 15.7 Å². The van der Waals surface area contributed by atoms with Crippen molar-refractivity contribution in [3.8, 4) is 11.1 Å². The summed E-state index contributed by atoms with van der Waals surface area (Å²) in [5.74, 6) is -0.596. The third-order valence-corrected chi connectivity index (χ3v) is 5.77. The summed E-state index contributed by atoms with van der Waals surface area (Å²) < 4.78 is 39.3. The molecule has 1 aromatic heterocycles. The summed E-state index contributed by atoms with van der Waals surface area (Å²) in [6, 6.07) is 10.4. The Hall–Kier alpha value is -2.18. The number of halogens is 2. The molecule has 4 nitrogen and oxygen atoms in total. The van der Waals surface area contributed by atoms with Gasteiger partial charge < -0.3 is 4.57 Å². The zero-order chi connectivity index (χ0) is 19.1. The van der Waals surface area contributed by atoms with Crippen molar-refractivity contribution in [1.29, 1.82) is 0 Å². The number of hydrogen-bond acceptors (Lipinski definition) is 3. The topological polar surface area (TPSA) is 56.1 Å². The van der Waals surface area contributed by atoms with Crippen molar-refractivity contribution in [3.63, 3.8) is 0 Å². The van der Waals surface area contributed by atoms with Crippen molar-refractivity contribution >= 4 is 30.6 Å². The van der Waals surface area contributed by atoms with Crippen LogP contribution in [0.25, 0.3) is 22.0 Å². The molecule has 0 radical (unpaired) electrons. The largest absolute Gasteiger partial charge is 0.345 e. The number of pyridine rings is 1. The molecule has 7 heteroatoms. The van der Waals surface area contributed by atoms with Gasteiger partial charge >= 0.3 is 0 Å². The molecule has 0 aliphatic heterocycles. The molecule has 0 spiro atoms. The number of aromatic nitrogens is 1. The Kier molecular flexibility index (Phi) is 4.90. The summed E-state index contributed by atoms with van der Waals surface area (Å²) >= 11 is 0. The Labute approximate surface area is 155 Å². The normalized spacial score (nSPS) is 11.8. The summed E-state index contributed by atoms with van der Waals surface area (Å²) in [4.78, 5) is 12.3. The number of aryl methyl sites for hydroxylation is 2. The standard InChI is InChI=1S/C19H17ClFNO3S/c1-3-14-11-18(23)19-16(21)9-13(10-17(19)22(14)4-2)12-5-7-15(8-6-12)26(20,24)25/h5-11H,3-4H2,1-2H3. The van der Waals surface area contributed by atoms with Crippen molar-refractivity contribution in [3.05, 3.63) is 64.2 Å². The van der Waals surface area contributed by atoms with Gasteiger partial charge in [-0.25, -0.2) is 12.8 Å². The van der Waals surface area contributed by atoms with E-state index in [1.165, 1.54) is 24.3 Å². The van der Waals surface area contributed by atoms with Crippen LogP contribution in [0.15, 0.2) is 52.2 Å². The van der Waals surface area contributed by atoms with Crippen LogP contribution in [-0.2, 0) is 22.0 Å². The number of fused-ring (bicyclic) bond motifs is 1. The van der Waals surface area contributed by atoms with Gasteiger partial charge in [0.25, 0.3) is 9.05 Å². The second kappa shape index (κ2) is 6.85. The maximum atomic E-state index is 14.7. The predicted molar refractivity (Wildman–Crippen MR) is 102 cm³/mol. The molecule has 2 aromatic carbocycles. The smallest absolute Gasteiger partial charge is 0.261 e. The van der Waals surface area contributed by atoms with Crippen molar-refractivity contribution in [1.82, 2.24) is 4.57 Å². The minimum absolute atomic E-state index is 0.0251. The zero-order valence-electron chi connectivity index (χ0n) is 14.3. The Morgan fingerprint density at radius 2 is 1.69 bits per heavy atom. The number of hydrogen-bond donors (Lipinski definition) is 0. The molecule has 0 N–H and O–H groups in total. The molecule has 0 amide bonds.